The average Bonchev–Trinajstić information content (AvgIpc) is 2.79. The van der Waals surface area contributed by atoms with Crippen LogP contribution in [0.4, 0.5) is 0 Å². The highest BCUT2D eigenvalue weighted by Crippen LogP contribution is 2.40. The first-order valence-electron chi connectivity index (χ1n) is 5.20. The van der Waals surface area contributed by atoms with Crippen molar-refractivity contribution in [2.24, 2.45) is 11.8 Å². The van der Waals surface area contributed by atoms with Gasteiger partial charge in [0.25, 0.3) is 0 Å². The maximum Gasteiger partial charge on any atom is 0.166 e. The summed E-state index contributed by atoms with van der Waals surface area (Å²) < 4.78 is 0. The predicted molar refractivity (Wildman–Crippen MR) is 57.5 cm³/mol. The fourth-order valence-corrected chi connectivity index (χ4v) is 2.02. The van der Waals surface area contributed by atoms with Crippen LogP contribution >= 0.6 is 0 Å². The first kappa shape index (κ1) is 9.45. The van der Waals surface area contributed by atoms with Crippen LogP contribution in [0.2, 0.25) is 0 Å². The Kier molecular flexibility index (Phi) is 2.18. The van der Waals surface area contributed by atoms with Gasteiger partial charge in [0.1, 0.15) is 0 Å². The standard InChI is InChI=1S/C13H16O/c1-8-4-9(2)6-11(5-8)13(14)12-7-10(12)3/h4-6,10,12H,7H2,1-3H3/t10-,12+/m0/s1. The van der Waals surface area contributed by atoms with Crippen LogP contribution in [0.25, 0.3) is 0 Å². The molecule has 0 N–H and O–H groups in total. The van der Waals surface area contributed by atoms with Crippen molar-refractivity contribution in [3.63, 3.8) is 0 Å². The topological polar surface area (TPSA) is 17.1 Å². The minimum absolute atomic E-state index is 0.302. The molecule has 0 saturated heterocycles. The molecule has 1 heteroatoms. The Bertz CT molecular complexity index is 359. The van der Waals surface area contributed by atoms with E-state index in [2.05, 4.69) is 13.0 Å². The van der Waals surface area contributed by atoms with Crippen molar-refractivity contribution in [2.75, 3.05) is 0 Å². The summed E-state index contributed by atoms with van der Waals surface area (Å²) in [6.45, 7) is 6.23. The second kappa shape index (κ2) is 3.23. The monoisotopic (exact) mass is 188 g/mol. The molecule has 2 rings (SSSR count). The maximum atomic E-state index is 11.9. The number of hydrogen-bond donors (Lipinski definition) is 0. The SMILES string of the molecule is Cc1cc(C)cc(C(=O)[C@@H]2C[C@@H]2C)c1. The van der Waals surface area contributed by atoms with Gasteiger partial charge >= 0.3 is 0 Å². The van der Waals surface area contributed by atoms with Gasteiger partial charge in [0, 0.05) is 11.5 Å². The van der Waals surface area contributed by atoms with Crippen molar-refractivity contribution >= 4 is 5.78 Å². The number of benzene rings is 1. The third-order valence-electron chi connectivity index (χ3n) is 2.95. The number of ketones is 1. The van der Waals surface area contributed by atoms with Gasteiger partial charge in [-0.15, -0.1) is 0 Å². The predicted octanol–water partition coefficient (Wildman–Crippen LogP) is 3.14. The third kappa shape index (κ3) is 1.72. The third-order valence-corrected chi connectivity index (χ3v) is 2.95. The highest BCUT2D eigenvalue weighted by atomic mass is 16.1. The van der Waals surface area contributed by atoms with Crippen LogP contribution in [0.3, 0.4) is 0 Å². The first-order chi connectivity index (χ1) is 6.58. The van der Waals surface area contributed by atoms with Crippen LogP contribution in [0.5, 0.6) is 0 Å². The number of hydrogen-bond acceptors (Lipinski definition) is 1. The molecule has 1 aliphatic rings. The zero-order valence-corrected chi connectivity index (χ0v) is 9.00. The summed E-state index contributed by atoms with van der Waals surface area (Å²) in [5, 5.41) is 0. The zero-order valence-electron chi connectivity index (χ0n) is 9.00. The summed E-state index contributed by atoms with van der Waals surface area (Å²) in [5.41, 5.74) is 3.26. The smallest absolute Gasteiger partial charge is 0.166 e. The first-order valence-corrected chi connectivity index (χ1v) is 5.20. The molecular formula is C13H16O. The van der Waals surface area contributed by atoms with Crippen LogP contribution in [0.15, 0.2) is 18.2 Å². The number of aryl methyl sites for hydroxylation is 2. The summed E-state index contributed by atoms with van der Waals surface area (Å²) in [5.74, 6) is 1.24. The molecule has 0 aromatic heterocycles. The molecule has 0 bridgehead atoms. The van der Waals surface area contributed by atoms with E-state index in [1.54, 1.807) is 0 Å². The second-order valence-corrected chi connectivity index (χ2v) is 4.56. The summed E-state index contributed by atoms with van der Waals surface area (Å²) in [6.07, 6.45) is 1.08. The van der Waals surface area contributed by atoms with E-state index < -0.39 is 0 Å². The molecule has 0 spiro atoms. The Labute approximate surface area is 85.1 Å². The van der Waals surface area contributed by atoms with Crippen molar-refractivity contribution in [1.82, 2.24) is 0 Å². The highest BCUT2D eigenvalue weighted by Gasteiger charge is 2.39. The molecule has 0 aliphatic heterocycles. The van der Waals surface area contributed by atoms with Crippen LogP contribution in [-0.4, -0.2) is 5.78 Å². The van der Waals surface area contributed by atoms with Crippen molar-refractivity contribution < 1.29 is 4.79 Å². The second-order valence-electron chi connectivity index (χ2n) is 4.56. The number of rotatable bonds is 2. The van der Waals surface area contributed by atoms with E-state index in [0.717, 1.165) is 12.0 Å². The fourth-order valence-electron chi connectivity index (χ4n) is 2.02. The van der Waals surface area contributed by atoms with Crippen LogP contribution < -0.4 is 0 Å². The molecule has 0 heterocycles. The zero-order chi connectivity index (χ0) is 10.3. The van der Waals surface area contributed by atoms with Crippen LogP contribution in [0.1, 0.15) is 34.8 Å². The number of Topliss-reactive ketones (excluding diaryl/α,β-unsaturated/α-hetero) is 1. The molecule has 1 nitrogen and oxygen atoms in total. The molecule has 1 aromatic carbocycles. The van der Waals surface area contributed by atoms with E-state index >= 15 is 0 Å². The lowest BCUT2D eigenvalue weighted by atomic mass is 10.0. The van der Waals surface area contributed by atoms with Gasteiger partial charge in [-0.1, -0.05) is 24.1 Å². The van der Waals surface area contributed by atoms with Crippen LogP contribution in [0, 0.1) is 25.7 Å². The lowest BCUT2D eigenvalue weighted by Gasteiger charge is -2.03. The van der Waals surface area contributed by atoms with E-state index in [1.807, 2.05) is 26.0 Å². The Morgan fingerprint density at radius 1 is 1.21 bits per heavy atom. The van der Waals surface area contributed by atoms with Gasteiger partial charge in [0.2, 0.25) is 0 Å². The largest absolute Gasteiger partial charge is 0.294 e. The molecule has 1 fully saturated rings. The molecule has 0 amide bonds. The summed E-state index contributed by atoms with van der Waals surface area (Å²) in [6, 6.07) is 6.11. The number of carbonyl (C=O) groups excluding carboxylic acids is 1. The lowest BCUT2D eigenvalue weighted by molar-refractivity contribution is 0.0962. The number of carbonyl (C=O) groups is 1. The molecule has 74 valence electrons. The fraction of sp³-hybridized carbons (Fsp3) is 0.462. The molecule has 1 aromatic rings. The summed E-state index contributed by atoms with van der Waals surface area (Å²) >= 11 is 0. The van der Waals surface area contributed by atoms with Crippen molar-refractivity contribution in [1.29, 1.82) is 0 Å². The quantitative estimate of drug-likeness (QED) is 0.652. The summed E-state index contributed by atoms with van der Waals surface area (Å²) in [7, 11) is 0. The van der Waals surface area contributed by atoms with Gasteiger partial charge in [-0.25, -0.2) is 0 Å². The van der Waals surface area contributed by atoms with Crippen molar-refractivity contribution in [3.8, 4) is 0 Å². The Morgan fingerprint density at radius 2 is 1.71 bits per heavy atom. The van der Waals surface area contributed by atoms with Crippen molar-refractivity contribution in [2.45, 2.75) is 27.2 Å². The maximum absolute atomic E-state index is 11.9. The highest BCUT2D eigenvalue weighted by molar-refractivity contribution is 5.99. The normalized spacial score (nSPS) is 24.8. The van der Waals surface area contributed by atoms with Crippen LogP contribution in [-0.2, 0) is 0 Å². The average molecular weight is 188 g/mol. The molecule has 2 atom stereocenters. The Balaban J connectivity index is 2.27. The lowest BCUT2D eigenvalue weighted by Crippen LogP contribution is -2.03. The molecule has 14 heavy (non-hydrogen) atoms. The van der Waals surface area contributed by atoms with Gasteiger partial charge in [-0.2, -0.15) is 0 Å². The minimum Gasteiger partial charge on any atom is -0.294 e. The van der Waals surface area contributed by atoms with Gasteiger partial charge in [-0.3, -0.25) is 4.79 Å². The Hall–Kier alpha value is -1.11. The van der Waals surface area contributed by atoms with E-state index in [-0.39, 0.29) is 0 Å². The summed E-state index contributed by atoms with van der Waals surface area (Å²) in [4.78, 5) is 11.9. The molecule has 0 radical (unpaired) electrons. The van der Waals surface area contributed by atoms with E-state index in [4.69, 9.17) is 0 Å². The Morgan fingerprint density at radius 3 is 2.14 bits per heavy atom. The van der Waals surface area contributed by atoms with E-state index in [0.29, 0.717) is 17.6 Å². The molecule has 1 saturated carbocycles. The van der Waals surface area contributed by atoms with E-state index in [9.17, 15) is 4.79 Å². The molecule has 0 unspecified atom stereocenters. The van der Waals surface area contributed by atoms with E-state index in [1.165, 1.54) is 11.1 Å². The molecular weight excluding hydrogens is 172 g/mol. The van der Waals surface area contributed by atoms with Gasteiger partial charge in [-0.05, 0) is 38.3 Å². The van der Waals surface area contributed by atoms with Gasteiger partial charge in [0.05, 0.1) is 0 Å². The minimum atomic E-state index is 0.302. The van der Waals surface area contributed by atoms with Gasteiger partial charge < -0.3 is 0 Å². The van der Waals surface area contributed by atoms with Gasteiger partial charge in [0.15, 0.2) is 5.78 Å². The molecule has 1 aliphatic carbocycles. The van der Waals surface area contributed by atoms with Crippen molar-refractivity contribution in [3.05, 3.63) is 34.9 Å².